The van der Waals surface area contributed by atoms with Crippen LogP contribution in [0.15, 0.2) is 6.20 Å². The minimum absolute atomic E-state index is 0.0706. The number of methoxy groups -OCH3 is 1. The van der Waals surface area contributed by atoms with Gasteiger partial charge in [-0.15, -0.1) is 0 Å². The Morgan fingerprint density at radius 3 is 3.47 bits per heavy atom. The van der Waals surface area contributed by atoms with Crippen LogP contribution in [0, 0.1) is 0 Å². The van der Waals surface area contributed by atoms with Crippen LogP contribution in [0.3, 0.4) is 0 Å². The molecule has 0 amide bonds. The van der Waals surface area contributed by atoms with Crippen molar-refractivity contribution in [1.82, 2.24) is 15.3 Å². The van der Waals surface area contributed by atoms with Gasteiger partial charge in [-0.2, -0.15) is 4.98 Å². The van der Waals surface area contributed by atoms with Crippen LogP contribution in [0.5, 0.6) is 5.88 Å². The molecule has 1 atom stereocenters. The number of ether oxygens (including phenoxy) is 1. The predicted molar refractivity (Wildman–Crippen MR) is 58.5 cm³/mol. The SMILES string of the molecule is [2H]C([2H])([2H])Oc1nc(NC2CCNC2)ncc1Cl. The van der Waals surface area contributed by atoms with E-state index in [2.05, 4.69) is 20.6 Å². The maximum Gasteiger partial charge on any atom is 0.237 e. The average molecular weight is 232 g/mol. The lowest BCUT2D eigenvalue weighted by atomic mass is 10.3. The Morgan fingerprint density at radius 1 is 1.80 bits per heavy atom. The molecular weight excluding hydrogens is 216 g/mol. The summed E-state index contributed by atoms with van der Waals surface area (Å²) in [5.41, 5.74) is 0. The van der Waals surface area contributed by atoms with Gasteiger partial charge < -0.3 is 15.4 Å². The van der Waals surface area contributed by atoms with Gasteiger partial charge in [0.05, 0.1) is 17.3 Å². The van der Waals surface area contributed by atoms with E-state index in [9.17, 15) is 0 Å². The molecule has 1 saturated heterocycles. The van der Waals surface area contributed by atoms with Crippen molar-refractivity contribution in [3.63, 3.8) is 0 Å². The number of hydrogen-bond donors (Lipinski definition) is 2. The highest BCUT2D eigenvalue weighted by Gasteiger charge is 2.15. The summed E-state index contributed by atoms with van der Waals surface area (Å²) in [4.78, 5) is 7.94. The predicted octanol–water partition coefficient (Wildman–Crippen LogP) is 0.912. The van der Waals surface area contributed by atoms with Gasteiger partial charge in [0, 0.05) is 12.6 Å². The van der Waals surface area contributed by atoms with Crippen LogP contribution in [0.4, 0.5) is 5.95 Å². The van der Waals surface area contributed by atoms with Gasteiger partial charge >= 0.3 is 0 Å². The molecule has 2 rings (SSSR count). The van der Waals surface area contributed by atoms with E-state index >= 15 is 0 Å². The Morgan fingerprint density at radius 2 is 2.73 bits per heavy atom. The molecule has 0 bridgehead atoms. The largest absolute Gasteiger partial charge is 0.480 e. The first kappa shape index (κ1) is 7.24. The van der Waals surface area contributed by atoms with Crippen molar-refractivity contribution in [2.75, 3.05) is 25.4 Å². The highest BCUT2D eigenvalue weighted by Crippen LogP contribution is 2.21. The summed E-state index contributed by atoms with van der Waals surface area (Å²) in [6.45, 7) is 1.76. The highest BCUT2D eigenvalue weighted by atomic mass is 35.5. The fourth-order valence-corrected chi connectivity index (χ4v) is 1.58. The third kappa shape index (κ3) is 2.49. The molecule has 1 aliphatic heterocycles. The number of hydrogen-bond acceptors (Lipinski definition) is 5. The smallest absolute Gasteiger partial charge is 0.237 e. The van der Waals surface area contributed by atoms with Gasteiger partial charge in [-0.25, -0.2) is 4.98 Å². The third-order valence-corrected chi connectivity index (χ3v) is 2.46. The third-order valence-electron chi connectivity index (χ3n) is 2.20. The molecule has 0 radical (unpaired) electrons. The Kier molecular flexibility index (Phi) is 2.24. The van der Waals surface area contributed by atoms with E-state index in [-0.39, 0.29) is 16.9 Å². The van der Waals surface area contributed by atoms with Crippen molar-refractivity contribution in [2.24, 2.45) is 0 Å². The molecule has 5 nitrogen and oxygen atoms in total. The van der Waals surface area contributed by atoms with E-state index in [4.69, 9.17) is 20.5 Å². The van der Waals surface area contributed by atoms with Gasteiger partial charge in [-0.05, 0) is 13.0 Å². The minimum Gasteiger partial charge on any atom is -0.480 e. The van der Waals surface area contributed by atoms with Crippen LogP contribution >= 0.6 is 11.6 Å². The summed E-state index contributed by atoms with van der Waals surface area (Å²) >= 11 is 5.78. The lowest BCUT2D eigenvalue weighted by molar-refractivity contribution is 0.397. The van der Waals surface area contributed by atoms with E-state index in [1.54, 1.807) is 0 Å². The maximum absolute atomic E-state index is 7.02. The fourth-order valence-electron chi connectivity index (χ4n) is 1.45. The summed E-state index contributed by atoms with van der Waals surface area (Å²) in [5, 5.41) is 6.35. The topological polar surface area (TPSA) is 59.1 Å². The van der Waals surface area contributed by atoms with Crippen LogP contribution in [0.2, 0.25) is 5.02 Å². The van der Waals surface area contributed by atoms with E-state index < -0.39 is 7.04 Å². The quantitative estimate of drug-likeness (QED) is 0.810. The number of aromatic nitrogens is 2. The molecule has 15 heavy (non-hydrogen) atoms. The van der Waals surface area contributed by atoms with Crippen molar-refractivity contribution in [2.45, 2.75) is 12.5 Å². The number of nitrogens with zero attached hydrogens (tertiary/aromatic N) is 2. The molecule has 2 heterocycles. The summed E-state index contributed by atoms with van der Waals surface area (Å²) in [6.07, 6.45) is 2.28. The number of halogens is 1. The molecule has 2 N–H and O–H groups in total. The Hall–Kier alpha value is -1.07. The first-order valence-corrected chi connectivity index (χ1v) is 5.01. The van der Waals surface area contributed by atoms with Crippen molar-refractivity contribution in [3.05, 3.63) is 11.2 Å². The molecule has 1 aromatic heterocycles. The Bertz CT molecular complexity index is 423. The molecular formula is C9H13ClN4O. The van der Waals surface area contributed by atoms with Gasteiger partial charge in [0.25, 0.3) is 0 Å². The summed E-state index contributed by atoms with van der Waals surface area (Å²) < 4.78 is 25.8. The molecule has 1 aromatic rings. The molecule has 6 heteroatoms. The Labute approximate surface area is 97.4 Å². The number of rotatable bonds is 3. The van der Waals surface area contributed by atoms with Crippen LogP contribution in [0.1, 0.15) is 10.5 Å². The molecule has 0 saturated carbocycles. The monoisotopic (exact) mass is 231 g/mol. The van der Waals surface area contributed by atoms with Crippen LogP contribution in [0.25, 0.3) is 0 Å². The summed E-state index contributed by atoms with van der Waals surface area (Å²) in [6, 6.07) is 0.229. The van der Waals surface area contributed by atoms with Crippen molar-refractivity contribution in [1.29, 1.82) is 0 Å². The molecule has 0 aliphatic carbocycles. The van der Waals surface area contributed by atoms with Gasteiger partial charge in [0.2, 0.25) is 11.8 Å². The minimum atomic E-state index is -2.58. The van der Waals surface area contributed by atoms with Crippen molar-refractivity contribution < 1.29 is 8.85 Å². The second kappa shape index (κ2) is 4.63. The number of anilines is 1. The van der Waals surface area contributed by atoms with Crippen LogP contribution in [-0.4, -0.2) is 36.1 Å². The van der Waals surface area contributed by atoms with Crippen molar-refractivity contribution >= 4 is 17.5 Å². The maximum atomic E-state index is 7.02. The lowest BCUT2D eigenvalue weighted by Gasteiger charge is -2.11. The van der Waals surface area contributed by atoms with E-state index in [1.807, 2.05) is 0 Å². The summed E-state index contributed by atoms with van der Waals surface area (Å²) in [7, 11) is -2.58. The second-order valence-electron chi connectivity index (χ2n) is 3.28. The van der Waals surface area contributed by atoms with E-state index in [1.165, 1.54) is 6.20 Å². The van der Waals surface area contributed by atoms with Crippen LogP contribution in [-0.2, 0) is 0 Å². The van der Waals surface area contributed by atoms with E-state index in [0.717, 1.165) is 19.5 Å². The number of nitrogens with one attached hydrogen (secondary N) is 2. The average Bonchev–Trinajstić information content (AvgIpc) is 2.74. The molecule has 1 unspecified atom stereocenters. The lowest BCUT2D eigenvalue weighted by Crippen LogP contribution is -2.23. The van der Waals surface area contributed by atoms with Gasteiger partial charge in [-0.1, -0.05) is 11.6 Å². The Balaban J connectivity index is 2.10. The normalized spacial score (nSPS) is 24.1. The zero-order valence-electron chi connectivity index (χ0n) is 11.0. The second-order valence-corrected chi connectivity index (χ2v) is 3.69. The molecule has 1 fully saturated rings. The molecule has 1 aliphatic rings. The first-order chi connectivity index (χ1) is 8.44. The zero-order chi connectivity index (χ0) is 13.2. The van der Waals surface area contributed by atoms with Gasteiger partial charge in [0.15, 0.2) is 0 Å². The first-order valence-electron chi connectivity index (χ1n) is 6.13. The highest BCUT2D eigenvalue weighted by molar-refractivity contribution is 6.31. The van der Waals surface area contributed by atoms with Crippen LogP contribution < -0.4 is 15.4 Å². The van der Waals surface area contributed by atoms with Gasteiger partial charge in [0.1, 0.15) is 5.02 Å². The molecule has 0 aromatic carbocycles. The van der Waals surface area contributed by atoms with Gasteiger partial charge in [-0.3, -0.25) is 0 Å². The van der Waals surface area contributed by atoms with Crippen molar-refractivity contribution in [3.8, 4) is 5.88 Å². The zero-order valence-corrected chi connectivity index (χ0v) is 8.71. The van der Waals surface area contributed by atoms with E-state index in [0.29, 0.717) is 5.95 Å². The fraction of sp³-hybridized carbons (Fsp3) is 0.556. The molecule has 82 valence electrons. The standard InChI is InChI=1S/C9H13ClN4O/c1-15-8-7(10)5-12-9(14-8)13-6-2-3-11-4-6/h5-6,11H,2-4H2,1H3,(H,12,13,14)/i1D3. The molecule has 0 spiro atoms. The summed E-state index contributed by atoms with van der Waals surface area (Å²) in [5.74, 6) is 0.174.